The van der Waals surface area contributed by atoms with Gasteiger partial charge in [-0.05, 0) is 50.0 Å². The van der Waals surface area contributed by atoms with Crippen molar-refractivity contribution in [1.82, 2.24) is 28.5 Å². The molecule has 39 heavy (non-hydrogen) atoms. The van der Waals surface area contributed by atoms with E-state index in [9.17, 15) is 19.2 Å². The van der Waals surface area contributed by atoms with Gasteiger partial charge < -0.3 is 24.8 Å². The molecule has 0 spiro atoms. The summed E-state index contributed by atoms with van der Waals surface area (Å²) in [5.41, 5.74) is 6.91. The van der Waals surface area contributed by atoms with Gasteiger partial charge in [0.1, 0.15) is 6.61 Å². The number of hydrogen-bond acceptors (Lipinski definition) is 8. The summed E-state index contributed by atoms with van der Waals surface area (Å²) in [4.78, 5) is 53.3. The Balaban J connectivity index is 0.000000217. The minimum absolute atomic E-state index is 0.208. The number of aromatic nitrogens is 4. The SMILES string of the molecule is C=CN1CCCC1=O.CCN(CC)CCOC(=O)c1ccc(N)cc1.Cn1c(=O)c2c(ncn2C)n(C)c1=O. The van der Waals surface area contributed by atoms with Gasteiger partial charge in [0.25, 0.3) is 5.56 Å². The maximum atomic E-state index is 11.7. The van der Waals surface area contributed by atoms with Crippen LogP contribution < -0.4 is 17.0 Å². The molecule has 0 saturated carbocycles. The first-order valence-corrected chi connectivity index (χ1v) is 12.8. The van der Waals surface area contributed by atoms with Crippen LogP contribution in [0.5, 0.6) is 0 Å². The summed E-state index contributed by atoms with van der Waals surface area (Å²) in [5.74, 6) is -0.0860. The third-order valence-electron chi connectivity index (χ3n) is 6.33. The fourth-order valence-corrected chi connectivity index (χ4v) is 3.84. The molecule has 0 aliphatic carbocycles. The number of amides is 1. The molecule has 1 aromatic carbocycles. The first-order valence-electron chi connectivity index (χ1n) is 12.8. The van der Waals surface area contributed by atoms with E-state index in [1.165, 1.54) is 17.9 Å². The van der Waals surface area contributed by atoms with Crippen LogP contribution in [0, 0.1) is 0 Å². The standard InChI is InChI=1S/C13H20N2O2.C8H10N4O2.C6H9NO/c1-3-15(4-2)9-10-17-13(16)11-5-7-12(14)8-6-11;1-10-4-9-6-5(10)7(13)12(3)8(14)11(6)2;1-2-7-5-3-4-6(7)8/h5-8H,3-4,9-10,14H2,1-2H3;4H,1-3H3;2H,1,3-5H2. The molecule has 0 bridgehead atoms. The molecule has 1 saturated heterocycles. The van der Waals surface area contributed by atoms with Gasteiger partial charge >= 0.3 is 11.7 Å². The number of rotatable bonds is 7. The van der Waals surface area contributed by atoms with Crippen molar-refractivity contribution < 1.29 is 14.3 Å². The average molecular weight is 542 g/mol. The lowest BCUT2D eigenvalue weighted by Gasteiger charge is -2.17. The number of likely N-dealkylation sites (N-methyl/N-ethyl adjacent to an activating group) is 1. The second-order valence-electron chi connectivity index (χ2n) is 8.89. The Morgan fingerprint density at radius 1 is 1.10 bits per heavy atom. The molecule has 3 aromatic rings. The zero-order chi connectivity index (χ0) is 29.1. The largest absolute Gasteiger partial charge is 0.461 e. The molecule has 0 atom stereocenters. The number of nitrogens with two attached hydrogens (primary N) is 1. The summed E-state index contributed by atoms with van der Waals surface area (Å²) in [7, 11) is 4.77. The van der Waals surface area contributed by atoms with Crippen molar-refractivity contribution in [2.24, 2.45) is 21.1 Å². The van der Waals surface area contributed by atoms with Gasteiger partial charge in [0.15, 0.2) is 11.2 Å². The first-order chi connectivity index (χ1) is 18.5. The Bertz CT molecular complexity index is 1380. The smallest absolute Gasteiger partial charge is 0.338 e. The highest BCUT2D eigenvalue weighted by molar-refractivity contribution is 5.89. The fourth-order valence-electron chi connectivity index (χ4n) is 3.84. The van der Waals surface area contributed by atoms with E-state index in [1.807, 2.05) is 0 Å². The van der Waals surface area contributed by atoms with E-state index in [-0.39, 0.29) is 23.1 Å². The summed E-state index contributed by atoms with van der Waals surface area (Å²) in [6.07, 6.45) is 4.80. The van der Waals surface area contributed by atoms with Crippen LogP contribution in [-0.4, -0.2) is 73.1 Å². The molecular weight excluding hydrogens is 502 g/mol. The number of imidazole rings is 1. The zero-order valence-corrected chi connectivity index (χ0v) is 23.4. The number of esters is 1. The van der Waals surface area contributed by atoms with Gasteiger partial charge in [-0.15, -0.1) is 0 Å². The minimum atomic E-state index is -0.360. The zero-order valence-electron chi connectivity index (χ0n) is 23.4. The molecule has 4 rings (SSSR count). The third-order valence-corrected chi connectivity index (χ3v) is 6.33. The molecule has 1 amide bonds. The van der Waals surface area contributed by atoms with E-state index >= 15 is 0 Å². The van der Waals surface area contributed by atoms with Crippen LogP contribution in [0.3, 0.4) is 0 Å². The molecule has 1 fully saturated rings. The lowest BCUT2D eigenvalue weighted by Crippen LogP contribution is -2.37. The van der Waals surface area contributed by atoms with Crippen LogP contribution in [0.1, 0.15) is 37.0 Å². The summed E-state index contributed by atoms with van der Waals surface area (Å²) in [6, 6.07) is 6.74. The number of nitrogen functional groups attached to an aromatic ring is 1. The van der Waals surface area contributed by atoms with Gasteiger partial charge in [0, 0.05) is 46.3 Å². The quantitative estimate of drug-likeness (QED) is 0.351. The van der Waals surface area contributed by atoms with Gasteiger partial charge in [-0.1, -0.05) is 20.4 Å². The number of carbonyl (C=O) groups excluding carboxylic acids is 2. The number of hydrogen-bond donors (Lipinski definition) is 1. The van der Waals surface area contributed by atoms with E-state index in [1.54, 1.807) is 54.0 Å². The Hall–Kier alpha value is -4.19. The second-order valence-corrected chi connectivity index (χ2v) is 8.89. The minimum Gasteiger partial charge on any atom is -0.461 e. The molecule has 1 aliphatic rings. The highest BCUT2D eigenvalue weighted by atomic mass is 16.5. The Morgan fingerprint density at radius 3 is 2.26 bits per heavy atom. The summed E-state index contributed by atoms with van der Waals surface area (Å²) < 4.78 is 9.22. The van der Waals surface area contributed by atoms with Crippen molar-refractivity contribution in [3.63, 3.8) is 0 Å². The molecule has 0 unspecified atom stereocenters. The van der Waals surface area contributed by atoms with Crippen LogP contribution >= 0.6 is 0 Å². The van der Waals surface area contributed by atoms with Crippen molar-refractivity contribution >= 4 is 28.7 Å². The maximum absolute atomic E-state index is 11.7. The maximum Gasteiger partial charge on any atom is 0.338 e. The van der Waals surface area contributed by atoms with E-state index < -0.39 is 0 Å². The second kappa shape index (κ2) is 14.7. The van der Waals surface area contributed by atoms with Gasteiger partial charge in [0.05, 0.1) is 11.9 Å². The molecule has 1 aliphatic heterocycles. The van der Waals surface area contributed by atoms with Gasteiger partial charge in [-0.2, -0.15) is 0 Å². The molecule has 0 radical (unpaired) electrons. The molecule has 12 nitrogen and oxygen atoms in total. The number of ether oxygens (including phenoxy) is 1. The van der Waals surface area contributed by atoms with E-state index in [4.69, 9.17) is 10.5 Å². The molecular formula is C27H39N7O5. The number of nitrogens with zero attached hydrogens (tertiary/aromatic N) is 6. The highest BCUT2D eigenvalue weighted by Gasteiger charge is 2.16. The number of anilines is 1. The summed E-state index contributed by atoms with van der Waals surface area (Å²) in [6.45, 7) is 11.7. The lowest BCUT2D eigenvalue weighted by molar-refractivity contribution is -0.125. The van der Waals surface area contributed by atoms with E-state index in [2.05, 4.69) is 30.3 Å². The van der Waals surface area contributed by atoms with Gasteiger partial charge in [-0.3, -0.25) is 18.7 Å². The lowest BCUT2D eigenvalue weighted by atomic mass is 10.2. The van der Waals surface area contributed by atoms with Crippen LogP contribution in [0.15, 0.2) is 53.0 Å². The predicted molar refractivity (Wildman–Crippen MR) is 151 cm³/mol. The highest BCUT2D eigenvalue weighted by Crippen LogP contribution is 2.08. The fraction of sp³-hybridized carbons (Fsp3) is 0.444. The van der Waals surface area contributed by atoms with Gasteiger partial charge in [0.2, 0.25) is 5.91 Å². The number of benzene rings is 1. The van der Waals surface area contributed by atoms with Crippen molar-refractivity contribution in [3.05, 3.63) is 69.8 Å². The van der Waals surface area contributed by atoms with Crippen molar-refractivity contribution in [2.75, 3.05) is 38.5 Å². The topological polar surface area (TPSA) is 138 Å². The monoisotopic (exact) mass is 541 g/mol. The van der Waals surface area contributed by atoms with E-state index in [0.29, 0.717) is 35.4 Å². The normalized spacial score (nSPS) is 12.6. The van der Waals surface area contributed by atoms with Crippen molar-refractivity contribution in [2.45, 2.75) is 26.7 Å². The predicted octanol–water partition coefficient (Wildman–Crippen LogP) is 1.49. The summed E-state index contributed by atoms with van der Waals surface area (Å²) >= 11 is 0. The number of aryl methyl sites for hydroxylation is 2. The average Bonchev–Trinajstić information content (AvgIpc) is 3.54. The number of fused-ring (bicyclic) bond motifs is 1. The number of carbonyl (C=O) groups is 2. The van der Waals surface area contributed by atoms with Gasteiger partial charge in [-0.25, -0.2) is 14.6 Å². The molecule has 2 aromatic heterocycles. The van der Waals surface area contributed by atoms with Crippen LogP contribution in [0.4, 0.5) is 5.69 Å². The van der Waals surface area contributed by atoms with Crippen LogP contribution in [0.25, 0.3) is 11.2 Å². The molecule has 3 heterocycles. The van der Waals surface area contributed by atoms with E-state index in [0.717, 1.165) is 37.2 Å². The Kier molecular flexibility index (Phi) is 11.7. The van der Waals surface area contributed by atoms with Crippen molar-refractivity contribution in [1.29, 1.82) is 0 Å². The molecule has 212 valence electrons. The molecule has 2 N–H and O–H groups in total. The molecule has 12 heteroatoms. The third kappa shape index (κ3) is 8.14. The summed E-state index contributed by atoms with van der Waals surface area (Å²) in [5, 5.41) is 0. The first kappa shape index (κ1) is 31.0. The van der Waals surface area contributed by atoms with Crippen LogP contribution in [-0.2, 0) is 30.7 Å². The number of likely N-dealkylation sites (tertiary alicyclic amines) is 1. The Labute approximate surface area is 227 Å². The van der Waals surface area contributed by atoms with Crippen molar-refractivity contribution in [3.8, 4) is 0 Å². The van der Waals surface area contributed by atoms with Crippen LogP contribution in [0.2, 0.25) is 0 Å². The Morgan fingerprint density at radius 2 is 1.74 bits per heavy atom.